The smallest absolute Gasteiger partial charge is 0.326 e. The van der Waals surface area contributed by atoms with Crippen LogP contribution in [0.1, 0.15) is 16.8 Å². The van der Waals surface area contributed by atoms with Crippen molar-refractivity contribution in [2.75, 3.05) is 18.7 Å². The Bertz CT molecular complexity index is 722. The van der Waals surface area contributed by atoms with Crippen molar-refractivity contribution in [1.82, 2.24) is 4.90 Å². The van der Waals surface area contributed by atoms with Crippen LogP contribution < -0.4 is 5.73 Å². The lowest BCUT2D eigenvalue weighted by Gasteiger charge is -2.28. The van der Waals surface area contributed by atoms with Crippen LogP contribution in [0.3, 0.4) is 0 Å². The largest absolute Gasteiger partial charge is 0.480 e. The molecular weight excluding hydrogens is 336 g/mol. The number of nitrogens with two attached hydrogens (primary N) is 1. The van der Waals surface area contributed by atoms with Gasteiger partial charge in [-0.1, -0.05) is 48.5 Å². The first-order valence-corrected chi connectivity index (χ1v) is 9.36. The summed E-state index contributed by atoms with van der Waals surface area (Å²) in [6.07, 6.45) is 2.26. The van der Waals surface area contributed by atoms with E-state index in [-0.39, 0.29) is 12.6 Å². The van der Waals surface area contributed by atoms with Crippen LogP contribution in [0.25, 0.3) is 11.1 Å². The van der Waals surface area contributed by atoms with Crippen LogP contribution in [0, 0.1) is 0 Å². The van der Waals surface area contributed by atoms with Crippen molar-refractivity contribution in [2.45, 2.75) is 12.5 Å². The van der Waals surface area contributed by atoms with E-state index in [1.807, 2.05) is 48.7 Å². The van der Waals surface area contributed by atoms with Gasteiger partial charge in [0, 0.05) is 5.56 Å². The van der Waals surface area contributed by atoms with E-state index in [0.717, 1.165) is 11.1 Å². The first-order valence-electron chi connectivity index (χ1n) is 7.97. The van der Waals surface area contributed by atoms with Crippen LogP contribution in [0.2, 0.25) is 0 Å². The van der Waals surface area contributed by atoms with Crippen LogP contribution in [-0.2, 0) is 4.79 Å². The third-order valence-corrected chi connectivity index (χ3v) is 4.60. The van der Waals surface area contributed by atoms with E-state index in [4.69, 9.17) is 5.73 Å². The van der Waals surface area contributed by atoms with Gasteiger partial charge in [-0.15, -0.1) is 0 Å². The third-order valence-electron chi connectivity index (χ3n) is 3.96. The van der Waals surface area contributed by atoms with Crippen molar-refractivity contribution in [2.24, 2.45) is 5.73 Å². The van der Waals surface area contributed by atoms with E-state index < -0.39 is 12.0 Å². The number of carboxylic acids is 1. The molecule has 6 heteroatoms. The highest BCUT2D eigenvalue weighted by atomic mass is 32.2. The molecule has 0 aliphatic heterocycles. The van der Waals surface area contributed by atoms with Crippen LogP contribution in [0.5, 0.6) is 0 Å². The summed E-state index contributed by atoms with van der Waals surface area (Å²) in [6.45, 7) is -0.146. The van der Waals surface area contributed by atoms with E-state index in [1.54, 1.807) is 23.9 Å². The van der Waals surface area contributed by atoms with Gasteiger partial charge >= 0.3 is 5.97 Å². The molecule has 0 spiro atoms. The number of thioether (sulfide) groups is 1. The second-order valence-corrected chi connectivity index (χ2v) is 6.49. The molecule has 0 saturated carbocycles. The minimum atomic E-state index is -1.04. The average molecular weight is 358 g/mol. The van der Waals surface area contributed by atoms with E-state index in [1.165, 1.54) is 4.90 Å². The van der Waals surface area contributed by atoms with Crippen molar-refractivity contribution in [3.63, 3.8) is 0 Å². The molecule has 0 radical (unpaired) electrons. The lowest BCUT2D eigenvalue weighted by Crippen LogP contribution is -2.48. The Kier molecular flexibility index (Phi) is 7.03. The molecule has 1 amide bonds. The maximum atomic E-state index is 13.1. The Balaban J connectivity index is 2.39. The molecule has 132 valence electrons. The van der Waals surface area contributed by atoms with Crippen LogP contribution >= 0.6 is 11.8 Å². The number of amides is 1. The average Bonchev–Trinajstić information content (AvgIpc) is 2.65. The number of aliphatic carboxylic acids is 1. The van der Waals surface area contributed by atoms with Crippen LogP contribution in [0.4, 0.5) is 0 Å². The molecule has 3 N–H and O–H groups in total. The fourth-order valence-corrected chi connectivity index (χ4v) is 3.15. The number of benzene rings is 2. The number of carbonyl (C=O) groups excluding carboxylic acids is 1. The molecule has 0 aromatic heterocycles. The number of carboxylic acid groups (broad SMARTS) is 1. The van der Waals surface area contributed by atoms with Crippen molar-refractivity contribution in [3.05, 3.63) is 60.2 Å². The van der Waals surface area contributed by atoms with E-state index >= 15 is 0 Å². The second-order valence-electron chi connectivity index (χ2n) is 5.50. The summed E-state index contributed by atoms with van der Waals surface area (Å²) in [5.41, 5.74) is 7.87. The normalized spacial score (nSPS) is 11.8. The zero-order chi connectivity index (χ0) is 18.2. The highest BCUT2D eigenvalue weighted by molar-refractivity contribution is 7.98. The Morgan fingerprint density at radius 2 is 1.76 bits per heavy atom. The molecule has 25 heavy (non-hydrogen) atoms. The Labute approximate surface area is 151 Å². The summed E-state index contributed by atoms with van der Waals surface area (Å²) in [6, 6.07) is 15.8. The highest BCUT2D eigenvalue weighted by Gasteiger charge is 2.30. The minimum Gasteiger partial charge on any atom is -0.480 e. The van der Waals surface area contributed by atoms with Gasteiger partial charge in [0.1, 0.15) is 6.04 Å². The quantitative estimate of drug-likeness (QED) is 0.709. The fourth-order valence-electron chi connectivity index (χ4n) is 2.69. The van der Waals surface area contributed by atoms with Crippen molar-refractivity contribution < 1.29 is 14.7 Å². The van der Waals surface area contributed by atoms with Crippen molar-refractivity contribution in [1.29, 1.82) is 0 Å². The number of rotatable bonds is 8. The summed E-state index contributed by atoms with van der Waals surface area (Å²) in [4.78, 5) is 25.9. The molecule has 2 aromatic rings. The van der Waals surface area contributed by atoms with Gasteiger partial charge in [0.25, 0.3) is 5.91 Å². The SMILES string of the molecule is CSCC[C@@H](C(=O)O)N(CN)C(=O)c1ccccc1-c1ccccc1. The lowest BCUT2D eigenvalue weighted by molar-refractivity contribution is -0.142. The van der Waals surface area contributed by atoms with Gasteiger partial charge in [-0.2, -0.15) is 11.8 Å². The minimum absolute atomic E-state index is 0.146. The predicted octanol–water partition coefficient (Wildman–Crippen LogP) is 2.92. The standard InChI is InChI=1S/C19H22N2O3S/c1-25-12-11-17(19(23)24)21(13-20)18(22)16-10-6-5-9-15(16)14-7-3-2-4-8-14/h2-10,17H,11-13,20H2,1H3,(H,23,24)/t17-/m0/s1. The number of nitrogens with zero attached hydrogens (tertiary/aromatic N) is 1. The zero-order valence-corrected chi connectivity index (χ0v) is 14.9. The van der Waals surface area contributed by atoms with Gasteiger partial charge < -0.3 is 15.7 Å². The molecule has 0 unspecified atom stereocenters. The second kappa shape index (κ2) is 9.25. The van der Waals surface area contributed by atoms with E-state index in [2.05, 4.69) is 0 Å². The summed E-state index contributed by atoms with van der Waals surface area (Å²) in [5.74, 6) is -0.762. The fraction of sp³-hybridized carbons (Fsp3) is 0.263. The maximum Gasteiger partial charge on any atom is 0.326 e. The summed E-state index contributed by atoms with van der Waals surface area (Å²) in [7, 11) is 0. The molecule has 0 heterocycles. The van der Waals surface area contributed by atoms with Gasteiger partial charge in [-0.3, -0.25) is 4.79 Å². The molecular formula is C19H22N2O3S. The molecule has 0 fully saturated rings. The van der Waals surface area contributed by atoms with E-state index in [9.17, 15) is 14.7 Å². The summed E-state index contributed by atoms with van der Waals surface area (Å²) >= 11 is 1.54. The molecule has 0 aliphatic rings. The first-order chi connectivity index (χ1) is 12.1. The predicted molar refractivity (Wildman–Crippen MR) is 102 cm³/mol. The number of carbonyl (C=O) groups is 2. The lowest BCUT2D eigenvalue weighted by atomic mass is 9.98. The van der Waals surface area contributed by atoms with Gasteiger partial charge in [0.15, 0.2) is 0 Å². The Morgan fingerprint density at radius 1 is 1.12 bits per heavy atom. The molecule has 2 aromatic carbocycles. The van der Waals surface area contributed by atoms with Gasteiger partial charge in [0.2, 0.25) is 0 Å². The molecule has 0 saturated heterocycles. The van der Waals surface area contributed by atoms with Crippen LogP contribution in [-0.4, -0.2) is 46.6 Å². The topological polar surface area (TPSA) is 83.6 Å². The highest BCUT2D eigenvalue weighted by Crippen LogP contribution is 2.25. The maximum absolute atomic E-state index is 13.1. The number of hydrogen-bond donors (Lipinski definition) is 2. The third kappa shape index (κ3) is 4.61. The van der Waals surface area contributed by atoms with Gasteiger partial charge in [-0.25, -0.2) is 4.79 Å². The summed E-state index contributed by atoms with van der Waals surface area (Å²) < 4.78 is 0. The monoisotopic (exact) mass is 358 g/mol. The molecule has 2 rings (SSSR count). The molecule has 0 aliphatic carbocycles. The Hall–Kier alpha value is -2.31. The van der Waals surface area contributed by atoms with Crippen molar-refractivity contribution >= 4 is 23.6 Å². The van der Waals surface area contributed by atoms with Crippen molar-refractivity contribution in [3.8, 4) is 11.1 Å². The van der Waals surface area contributed by atoms with E-state index in [0.29, 0.717) is 17.7 Å². The van der Waals surface area contributed by atoms with Crippen LogP contribution in [0.15, 0.2) is 54.6 Å². The van der Waals surface area contributed by atoms with Gasteiger partial charge in [0.05, 0.1) is 6.67 Å². The number of hydrogen-bond acceptors (Lipinski definition) is 4. The zero-order valence-electron chi connectivity index (χ0n) is 14.1. The molecule has 0 bridgehead atoms. The van der Waals surface area contributed by atoms with Gasteiger partial charge in [-0.05, 0) is 35.6 Å². The molecule has 1 atom stereocenters. The summed E-state index contributed by atoms with van der Waals surface area (Å²) in [5, 5.41) is 9.52. The first kappa shape index (κ1) is 19.0. The Morgan fingerprint density at radius 3 is 2.36 bits per heavy atom. The molecule has 5 nitrogen and oxygen atoms in total.